The van der Waals surface area contributed by atoms with E-state index >= 15 is 0 Å². The van der Waals surface area contributed by atoms with Crippen molar-refractivity contribution in [2.75, 3.05) is 11.9 Å². The molecular weight excluding hydrogens is 284 g/mol. The second-order valence-electron chi connectivity index (χ2n) is 5.02. The van der Waals surface area contributed by atoms with Gasteiger partial charge in [-0.15, -0.1) is 10.2 Å². The van der Waals surface area contributed by atoms with E-state index in [-0.39, 0.29) is 5.91 Å². The van der Waals surface area contributed by atoms with E-state index in [9.17, 15) is 4.79 Å². The summed E-state index contributed by atoms with van der Waals surface area (Å²) in [5.41, 5.74) is 2.37. The highest BCUT2D eigenvalue weighted by atomic mass is 32.1. The minimum atomic E-state index is -0.190. The van der Waals surface area contributed by atoms with Gasteiger partial charge in [-0.25, -0.2) is 0 Å². The number of hydrogen-bond acceptors (Lipinski definition) is 5. The highest BCUT2D eigenvalue weighted by Gasteiger charge is 2.12. The first-order valence-electron chi connectivity index (χ1n) is 7.04. The standard InChI is InChI=1S/C15H20N4OS/c1-4-16-15-19-18-14(21-15)13(20)17-9-11-5-7-12(8-6-11)10(2)3/h5-8,10H,4,9H2,1-3H3,(H,16,19)(H,17,20). The summed E-state index contributed by atoms with van der Waals surface area (Å²) in [5, 5.41) is 14.7. The van der Waals surface area contributed by atoms with Crippen molar-refractivity contribution in [3.63, 3.8) is 0 Å². The van der Waals surface area contributed by atoms with Gasteiger partial charge in [-0.05, 0) is 24.0 Å². The Morgan fingerprint density at radius 1 is 1.24 bits per heavy atom. The third-order valence-corrected chi connectivity index (χ3v) is 3.93. The van der Waals surface area contributed by atoms with Gasteiger partial charge < -0.3 is 10.6 Å². The van der Waals surface area contributed by atoms with Crippen molar-refractivity contribution in [2.45, 2.75) is 33.2 Å². The number of benzene rings is 1. The van der Waals surface area contributed by atoms with Crippen LogP contribution >= 0.6 is 11.3 Å². The number of carbonyl (C=O) groups is 1. The van der Waals surface area contributed by atoms with Crippen molar-refractivity contribution in [1.82, 2.24) is 15.5 Å². The normalized spacial score (nSPS) is 10.7. The van der Waals surface area contributed by atoms with Crippen LogP contribution in [0, 0.1) is 0 Å². The third kappa shape index (κ3) is 4.26. The molecule has 1 aromatic heterocycles. The van der Waals surface area contributed by atoms with Gasteiger partial charge in [0.05, 0.1) is 0 Å². The third-order valence-electron chi connectivity index (χ3n) is 3.05. The lowest BCUT2D eigenvalue weighted by Gasteiger charge is -2.07. The van der Waals surface area contributed by atoms with E-state index < -0.39 is 0 Å². The van der Waals surface area contributed by atoms with Crippen molar-refractivity contribution in [3.8, 4) is 0 Å². The molecule has 112 valence electrons. The molecule has 0 aliphatic heterocycles. The Morgan fingerprint density at radius 3 is 2.57 bits per heavy atom. The molecule has 1 aromatic carbocycles. The molecule has 21 heavy (non-hydrogen) atoms. The number of amides is 1. The van der Waals surface area contributed by atoms with Crippen LogP contribution in [-0.4, -0.2) is 22.6 Å². The first-order chi connectivity index (χ1) is 10.1. The van der Waals surface area contributed by atoms with Crippen LogP contribution in [0.3, 0.4) is 0 Å². The minimum Gasteiger partial charge on any atom is -0.360 e. The van der Waals surface area contributed by atoms with E-state index in [1.165, 1.54) is 16.9 Å². The van der Waals surface area contributed by atoms with Crippen LogP contribution in [-0.2, 0) is 6.54 Å². The second-order valence-corrected chi connectivity index (χ2v) is 6.00. The van der Waals surface area contributed by atoms with E-state index in [4.69, 9.17) is 0 Å². The van der Waals surface area contributed by atoms with Crippen LogP contribution in [0.4, 0.5) is 5.13 Å². The van der Waals surface area contributed by atoms with E-state index in [0.717, 1.165) is 12.1 Å². The number of anilines is 1. The van der Waals surface area contributed by atoms with Crippen LogP contribution in [0.15, 0.2) is 24.3 Å². The maximum atomic E-state index is 12.0. The van der Waals surface area contributed by atoms with Crippen molar-refractivity contribution < 1.29 is 4.79 Å². The molecule has 5 nitrogen and oxygen atoms in total. The zero-order valence-corrected chi connectivity index (χ0v) is 13.3. The molecule has 0 saturated heterocycles. The predicted molar refractivity (Wildman–Crippen MR) is 85.8 cm³/mol. The van der Waals surface area contributed by atoms with E-state index in [1.807, 2.05) is 19.1 Å². The Bertz CT molecular complexity index is 592. The van der Waals surface area contributed by atoms with Crippen LogP contribution in [0.1, 0.15) is 47.6 Å². The molecule has 0 atom stereocenters. The quantitative estimate of drug-likeness (QED) is 0.861. The number of hydrogen-bond donors (Lipinski definition) is 2. The van der Waals surface area contributed by atoms with Crippen LogP contribution in [0.2, 0.25) is 0 Å². The summed E-state index contributed by atoms with van der Waals surface area (Å²) in [7, 11) is 0. The van der Waals surface area contributed by atoms with Gasteiger partial charge in [0.25, 0.3) is 5.91 Å². The Morgan fingerprint density at radius 2 is 1.95 bits per heavy atom. The van der Waals surface area contributed by atoms with E-state index in [2.05, 4.69) is 46.8 Å². The molecule has 0 unspecified atom stereocenters. The largest absolute Gasteiger partial charge is 0.360 e. The van der Waals surface area contributed by atoms with Gasteiger partial charge in [-0.1, -0.05) is 49.4 Å². The molecule has 1 amide bonds. The lowest BCUT2D eigenvalue weighted by molar-refractivity contribution is 0.0950. The lowest BCUT2D eigenvalue weighted by Crippen LogP contribution is -2.22. The number of nitrogens with zero attached hydrogens (tertiary/aromatic N) is 2. The molecule has 0 spiro atoms. The summed E-state index contributed by atoms with van der Waals surface area (Å²) in [4.78, 5) is 12.0. The molecule has 2 N–H and O–H groups in total. The first-order valence-corrected chi connectivity index (χ1v) is 7.86. The first kappa shape index (κ1) is 15.4. The smallest absolute Gasteiger partial charge is 0.282 e. The van der Waals surface area contributed by atoms with Gasteiger partial charge in [0.1, 0.15) is 0 Å². The van der Waals surface area contributed by atoms with Crippen LogP contribution in [0.25, 0.3) is 0 Å². The topological polar surface area (TPSA) is 66.9 Å². The molecule has 2 aromatic rings. The Kier molecular flexibility index (Phi) is 5.27. The molecule has 0 bridgehead atoms. The summed E-state index contributed by atoms with van der Waals surface area (Å²) in [6.07, 6.45) is 0. The summed E-state index contributed by atoms with van der Waals surface area (Å²) < 4.78 is 0. The molecule has 0 saturated carbocycles. The average Bonchev–Trinajstić information content (AvgIpc) is 2.94. The van der Waals surface area contributed by atoms with Crippen molar-refractivity contribution in [1.29, 1.82) is 0 Å². The highest BCUT2D eigenvalue weighted by molar-refractivity contribution is 7.17. The lowest BCUT2D eigenvalue weighted by atomic mass is 10.0. The maximum absolute atomic E-state index is 12.0. The average molecular weight is 304 g/mol. The predicted octanol–water partition coefficient (Wildman–Crippen LogP) is 3.02. The molecule has 1 heterocycles. The number of carbonyl (C=O) groups excluding carboxylic acids is 1. The zero-order chi connectivity index (χ0) is 15.2. The van der Waals surface area contributed by atoms with Crippen LogP contribution in [0.5, 0.6) is 0 Å². The van der Waals surface area contributed by atoms with E-state index in [1.54, 1.807) is 0 Å². The molecule has 2 rings (SSSR count). The fourth-order valence-electron chi connectivity index (χ4n) is 1.82. The SMILES string of the molecule is CCNc1nnc(C(=O)NCc2ccc(C(C)C)cc2)s1. The van der Waals surface area contributed by atoms with Gasteiger partial charge in [0.2, 0.25) is 10.1 Å². The second kappa shape index (κ2) is 7.17. The number of nitrogens with one attached hydrogen (secondary N) is 2. The minimum absolute atomic E-state index is 0.190. The Hall–Kier alpha value is -1.95. The van der Waals surface area contributed by atoms with Gasteiger partial charge in [0, 0.05) is 13.1 Å². The molecule has 0 aliphatic rings. The molecular formula is C15H20N4OS. The van der Waals surface area contributed by atoms with Crippen molar-refractivity contribution in [2.24, 2.45) is 0 Å². The summed E-state index contributed by atoms with van der Waals surface area (Å²) >= 11 is 1.26. The summed E-state index contributed by atoms with van der Waals surface area (Å²) in [6, 6.07) is 8.28. The number of rotatable bonds is 6. The highest BCUT2D eigenvalue weighted by Crippen LogP contribution is 2.16. The van der Waals surface area contributed by atoms with Gasteiger partial charge in [0.15, 0.2) is 0 Å². The maximum Gasteiger partial charge on any atom is 0.282 e. The van der Waals surface area contributed by atoms with Crippen LogP contribution < -0.4 is 10.6 Å². The van der Waals surface area contributed by atoms with Crippen molar-refractivity contribution in [3.05, 3.63) is 40.4 Å². The molecule has 0 fully saturated rings. The molecule has 0 aliphatic carbocycles. The van der Waals surface area contributed by atoms with Gasteiger partial charge in [-0.3, -0.25) is 4.79 Å². The fraction of sp³-hybridized carbons (Fsp3) is 0.400. The molecule has 6 heteroatoms. The monoisotopic (exact) mass is 304 g/mol. The Balaban J connectivity index is 1.90. The van der Waals surface area contributed by atoms with E-state index in [0.29, 0.717) is 22.6 Å². The fourth-order valence-corrected chi connectivity index (χ4v) is 2.54. The Labute approximate surface area is 128 Å². The summed E-state index contributed by atoms with van der Waals surface area (Å²) in [6.45, 7) is 7.55. The van der Waals surface area contributed by atoms with Gasteiger partial charge in [-0.2, -0.15) is 0 Å². The molecule has 0 radical (unpaired) electrons. The number of aromatic nitrogens is 2. The summed E-state index contributed by atoms with van der Waals surface area (Å²) in [5.74, 6) is 0.323. The zero-order valence-electron chi connectivity index (χ0n) is 12.5. The van der Waals surface area contributed by atoms with Gasteiger partial charge >= 0.3 is 0 Å². The van der Waals surface area contributed by atoms with Crippen molar-refractivity contribution >= 4 is 22.4 Å².